The third kappa shape index (κ3) is 3.53. The Balaban J connectivity index is 1.36. The van der Waals surface area contributed by atoms with E-state index in [1.165, 1.54) is 32.1 Å². The van der Waals surface area contributed by atoms with Gasteiger partial charge in [0.25, 0.3) is 0 Å². The fourth-order valence-electron chi connectivity index (χ4n) is 3.62. The summed E-state index contributed by atoms with van der Waals surface area (Å²) in [6.45, 7) is 4.24. The van der Waals surface area contributed by atoms with E-state index in [2.05, 4.69) is 36.8 Å². The number of thioether (sulfide) groups is 1. The Morgan fingerprint density at radius 3 is 2.54 bits per heavy atom. The van der Waals surface area contributed by atoms with Crippen LogP contribution in [0.2, 0.25) is 0 Å². The molecule has 7 nitrogen and oxygen atoms in total. The van der Waals surface area contributed by atoms with Crippen molar-refractivity contribution in [1.29, 1.82) is 0 Å². The second-order valence-electron chi connectivity index (χ2n) is 7.50. The Labute approximate surface area is 168 Å². The molecule has 1 atom stereocenters. The standard InChI is InChI=1S/C20H24N6OS/c1-14(17-21-22-18(27-17)15-8-4-2-5-9-15)28-20-24-23-19(26(20)16-10-11-16)25-12-6-3-7-13-25/h2,4-5,8-9,14,16H,3,6-7,10-13H2,1H3. The SMILES string of the molecule is CC(Sc1nnc(N2CCCCC2)n1C1CC1)c1nnc(-c2ccccc2)o1. The van der Waals surface area contributed by atoms with Crippen molar-refractivity contribution in [3.63, 3.8) is 0 Å². The van der Waals surface area contributed by atoms with Gasteiger partial charge in [-0.25, -0.2) is 0 Å². The largest absolute Gasteiger partial charge is 0.419 e. The molecule has 5 rings (SSSR count). The van der Waals surface area contributed by atoms with Crippen LogP contribution in [0.3, 0.4) is 0 Å². The van der Waals surface area contributed by atoms with E-state index in [0.29, 0.717) is 17.8 Å². The molecule has 0 radical (unpaired) electrons. The Bertz CT molecular complexity index is 929. The summed E-state index contributed by atoms with van der Waals surface area (Å²) in [6.07, 6.45) is 6.20. The maximum atomic E-state index is 5.93. The number of nitrogens with zero attached hydrogens (tertiary/aromatic N) is 6. The van der Waals surface area contributed by atoms with Crippen LogP contribution < -0.4 is 4.90 Å². The van der Waals surface area contributed by atoms with Crippen LogP contribution in [0.15, 0.2) is 39.9 Å². The summed E-state index contributed by atoms with van der Waals surface area (Å²) in [5, 5.41) is 18.5. The van der Waals surface area contributed by atoms with E-state index in [1.54, 1.807) is 11.8 Å². The van der Waals surface area contributed by atoms with Gasteiger partial charge in [-0.2, -0.15) is 0 Å². The number of hydrogen-bond acceptors (Lipinski definition) is 7. The van der Waals surface area contributed by atoms with Crippen molar-refractivity contribution in [2.24, 2.45) is 0 Å². The van der Waals surface area contributed by atoms with Crippen molar-refractivity contribution in [3.05, 3.63) is 36.2 Å². The molecule has 2 aromatic heterocycles. The lowest BCUT2D eigenvalue weighted by Crippen LogP contribution is -2.31. The Morgan fingerprint density at radius 2 is 1.79 bits per heavy atom. The van der Waals surface area contributed by atoms with E-state index in [1.807, 2.05) is 30.3 Å². The van der Waals surface area contributed by atoms with Crippen LogP contribution in [-0.2, 0) is 0 Å². The number of aromatic nitrogens is 5. The van der Waals surface area contributed by atoms with E-state index in [-0.39, 0.29) is 5.25 Å². The van der Waals surface area contributed by atoms with Gasteiger partial charge in [0.15, 0.2) is 5.16 Å². The lowest BCUT2D eigenvalue weighted by Gasteiger charge is -2.27. The average molecular weight is 397 g/mol. The molecule has 1 unspecified atom stereocenters. The molecule has 0 amide bonds. The summed E-state index contributed by atoms with van der Waals surface area (Å²) in [7, 11) is 0. The molecule has 0 spiro atoms. The van der Waals surface area contributed by atoms with E-state index >= 15 is 0 Å². The molecule has 28 heavy (non-hydrogen) atoms. The third-order valence-electron chi connectivity index (χ3n) is 5.29. The summed E-state index contributed by atoms with van der Waals surface area (Å²) in [5.74, 6) is 2.21. The van der Waals surface area contributed by atoms with Crippen LogP contribution in [0.5, 0.6) is 0 Å². The molecule has 8 heteroatoms. The molecule has 0 N–H and O–H groups in total. The van der Waals surface area contributed by atoms with Gasteiger partial charge in [-0.15, -0.1) is 20.4 Å². The summed E-state index contributed by atoms with van der Waals surface area (Å²) < 4.78 is 8.27. The van der Waals surface area contributed by atoms with Crippen LogP contribution in [0, 0.1) is 0 Å². The van der Waals surface area contributed by atoms with Crippen molar-refractivity contribution in [1.82, 2.24) is 25.0 Å². The maximum absolute atomic E-state index is 5.93. The zero-order valence-corrected chi connectivity index (χ0v) is 16.8. The minimum absolute atomic E-state index is 0.0147. The molecule has 3 aromatic rings. The quantitative estimate of drug-likeness (QED) is 0.568. The first-order chi connectivity index (χ1) is 13.8. The molecule has 1 aliphatic carbocycles. The summed E-state index contributed by atoms with van der Waals surface area (Å²) >= 11 is 1.65. The normalized spacial score (nSPS) is 18.4. The van der Waals surface area contributed by atoms with Crippen molar-refractivity contribution in [2.75, 3.05) is 18.0 Å². The Kier molecular flexibility index (Phi) is 4.80. The molecule has 146 valence electrons. The molecule has 1 aromatic carbocycles. The number of piperidine rings is 1. The lowest BCUT2D eigenvalue weighted by molar-refractivity contribution is 0.508. The summed E-state index contributed by atoms with van der Waals surface area (Å²) in [4.78, 5) is 2.39. The van der Waals surface area contributed by atoms with Gasteiger partial charge in [0.2, 0.25) is 17.7 Å². The first kappa shape index (κ1) is 17.7. The fraction of sp³-hybridized carbons (Fsp3) is 0.500. The van der Waals surface area contributed by atoms with Gasteiger partial charge in [0.1, 0.15) is 0 Å². The zero-order valence-electron chi connectivity index (χ0n) is 16.0. The number of anilines is 1. The molecule has 1 saturated heterocycles. The fourth-order valence-corrected chi connectivity index (χ4v) is 4.56. The first-order valence-corrected chi connectivity index (χ1v) is 10.9. The van der Waals surface area contributed by atoms with E-state index in [9.17, 15) is 0 Å². The number of hydrogen-bond donors (Lipinski definition) is 0. The van der Waals surface area contributed by atoms with Crippen LogP contribution in [-0.4, -0.2) is 38.1 Å². The van der Waals surface area contributed by atoms with Gasteiger partial charge in [0, 0.05) is 24.7 Å². The molecule has 2 aliphatic rings. The van der Waals surface area contributed by atoms with E-state index in [0.717, 1.165) is 29.8 Å². The minimum Gasteiger partial charge on any atom is -0.419 e. The molecule has 0 bridgehead atoms. The molecule has 1 saturated carbocycles. The Hall–Kier alpha value is -2.35. The number of benzene rings is 1. The summed E-state index contributed by atoms with van der Waals surface area (Å²) in [5.41, 5.74) is 0.937. The zero-order chi connectivity index (χ0) is 18.9. The van der Waals surface area contributed by atoms with E-state index < -0.39 is 0 Å². The van der Waals surface area contributed by atoms with Crippen molar-refractivity contribution < 1.29 is 4.42 Å². The smallest absolute Gasteiger partial charge is 0.247 e. The molecule has 1 aliphatic heterocycles. The van der Waals surface area contributed by atoms with E-state index in [4.69, 9.17) is 4.42 Å². The van der Waals surface area contributed by atoms with Crippen LogP contribution in [0.4, 0.5) is 5.95 Å². The second-order valence-corrected chi connectivity index (χ2v) is 8.81. The van der Waals surface area contributed by atoms with Crippen LogP contribution in [0.25, 0.3) is 11.5 Å². The monoisotopic (exact) mass is 396 g/mol. The predicted molar refractivity (Wildman–Crippen MR) is 108 cm³/mol. The highest BCUT2D eigenvalue weighted by Crippen LogP contribution is 2.44. The van der Waals surface area contributed by atoms with Gasteiger partial charge in [-0.1, -0.05) is 30.0 Å². The second kappa shape index (κ2) is 7.58. The van der Waals surface area contributed by atoms with Gasteiger partial charge in [-0.05, 0) is 51.2 Å². The number of rotatable bonds is 6. The van der Waals surface area contributed by atoms with Gasteiger partial charge >= 0.3 is 0 Å². The van der Waals surface area contributed by atoms with Crippen molar-refractivity contribution >= 4 is 17.7 Å². The summed E-state index contributed by atoms with van der Waals surface area (Å²) in [6, 6.07) is 10.4. The predicted octanol–water partition coefficient (Wildman–Crippen LogP) is 4.51. The van der Waals surface area contributed by atoms with Gasteiger partial charge < -0.3 is 9.32 Å². The maximum Gasteiger partial charge on any atom is 0.247 e. The van der Waals surface area contributed by atoms with Gasteiger partial charge in [-0.3, -0.25) is 4.57 Å². The first-order valence-electron chi connectivity index (χ1n) is 10.0. The van der Waals surface area contributed by atoms with Crippen molar-refractivity contribution in [2.45, 2.75) is 55.5 Å². The highest BCUT2D eigenvalue weighted by molar-refractivity contribution is 7.99. The minimum atomic E-state index is 0.0147. The lowest BCUT2D eigenvalue weighted by atomic mass is 10.1. The molecular weight excluding hydrogens is 372 g/mol. The molecule has 3 heterocycles. The topological polar surface area (TPSA) is 72.9 Å². The Morgan fingerprint density at radius 1 is 1.00 bits per heavy atom. The highest BCUT2D eigenvalue weighted by atomic mass is 32.2. The van der Waals surface area contributed by atoms with Crippen LogP contribution in [0.1, 0.15) is 56.2 Å². The average Bonchev–Trinajstić information content (AvgIpc) is 3.30. The molecule has 2 fully saturated rings. The molecular formula is C20H24N6OS. The highest BCUT2D eigenvalue weighted by Gasteiger charge is 2.33. The van der Waals surface area contributed by atoms with Crippen molar-refractivity contribution in [3.8, 4) is 11.5 Å². The third-order valence-corrected chi connectivity index (χ3v) is 6.33. The van der Waals surface area contributed by atoms with Crippen LogP contribution >= 0.6 is 11.8 Å². The van der Waals surface area contributed by atoms with Gasteiger partial charge in [0.05, 0.1) is 5.25 Å².